The fourth-order valence-corrected chi connectivity index (χ4v) is 7.30. The molecule has 360 valence electrons. The van der Waals surface area contributed by atoms with Crippen LogP contribution in [-0.4, -0.2) is 119 Å². The predicted molar refractivity (Wildman–Crippen MR) is 240 cm³/mol. The molecule has 0 radical (unpaired) electrons. The number of imide groups is 4. The predicted octanol–water partition coefficient (Wildman–Crippen LogP) is 0.747. The molecule has 0 saturated carbocycles. The van der Waals surface area contributed by atoms with E-state index < -0.39 is 84.0 Å². The third kappa shape index (κ3) is 16.1. The zero-order valence-corrected chi connectivity index (χ0v) is 38.3. The monoisotopic (exact) mass is 928 g/mol. The number of hydrogen-bond acceptors (Lipinski definition) is 12. The van der Waals surface area contributed by atoms with Gasteiger partial charge in [0.05, 0.1) is 12.8 Å². The highest BCUT2D eigenvalue weighted by Crippen LogP contribution is 2.20. The van der Waals surface area contributed by atoms with Crippen LogP contribution >= 0.6 is 0 Å². The Balaban J connectivity index is 1.34. The van der Waals surface area contributed by atoms with Crippen LogP contribution in [-0.2, 0) is 60.8 Å². The van der Waals surface area contributed by atoms with E-state index in [9.17, 15) is 57.5 Å². The summed E-state index contributed by atoms with van der Waals surface area (Å²) in [7, 11) is 0. The summed E-state index contributed by atoms with van der Waals surface area (Å²) in [6, 6.07) is 9.90. The average molecular weight is 929 g/mol. The van der Waals surface area contributed by atoms with Crippen molar-refractivity contribution in [3.05, 3.63) is 70.8 Å². The Labute approximate surface area is 388 Å². The van der Waals surface area contributed by atoms with E-state index in [4.69, 9.17) is 0 Å². The first-order valence-corrected chi connectivity index (χ1v) is 22.6. The maximum Gasteiger partial charge on any atom is 0.257 e. The van der Waals surface area contributed by atoms with Crippen molar-refractivity contribution in [2.45, 2.75) is 110 Å². The molecule has 2 aromatic rings. The van der Waals surface area contributed by atoms with E-state index in [-0.39, 0.29) is 106 Å². The van der Waals surface area contributed by atoms with Gasteiger partial charge in [0.1, 0.15) is 12.1 Å². The van der Waals surface area contributed by atoms with Gasteiger partial charge in [0.2, 0.25) is 59.1 Å². The third-order valence-corrected chi connectivity index (χ3v) is 11.3. The lowest BCUT2D eigenvalue weighted by molar-refractivity contribution is -0.140. The van der Waals surface area contributed by atoms with E-state index in [1.54, 1.807) is 38.1 Å². The number of amides is 12. The lowest BCUT2D eigenvalue weighted by Gasteiger charge is -2.19. The van der Waals surface area contributed by atoms with Gasteiger partial charge < -0.3 is 21.3 Å². The SMILES string of the molecule is CCc1ccc(C(=O)NC(=O)C(CC(=O)NCCCN2C(=O)CC(C)C2=O)NC(=O)CCCC(=O)NC(CC(=O)NCCCN2C(=O)CC(C)C2=O)C(=O)NC(=O)c2ccc(CC)cc2)cc1. The van der Waals surface area contributed by atoms with Gasteiger partial charge in [0, 0.05) is 74.8 Å². The summed E-state index contributed by atoms with van der Waals surface area (Å²) in [6.07, 6.45) is 0.0857. The molecule has 2 aliphatic heterocycles. The minimum atomic E-state index is -1.54. The van der Waals surface area contributed by atoms with E-state index in [0.29, 0.717) is 12.8 Å². The van der Waals surface area contributed by atoms with E-state index in [0.717, 1.165) is 20.9 Å². The number of aryl methyl sites for hydroxylation is 2. The number of carbonyl (C=O) groups excluding carboxylic acids is 12. The quantitative estimate of drug-likeness (QED) is 0.0629. The molecule has 2 aromatic carbocycles. The van der Waals surface area contributed by atoms with Crippen LogP contribution in [0.15, 0.2) is 48.5 Å². The molecule has 6 N–H and O–H groups in total. The van der Waals surface area contributed by atoms with Crippen LogP contribution in [0.4, 0.5) is 0 Å². The minimum absolute atomic E-state index is 0.0354. The standard InChI is InChI=1S/C47H60N8O12/c1-5-30-12-16-32(17-13-30)42(62)52-44(64)34(26-38(58)48-20-8-22-54-40(60)24-28(3)46(54)66)50-36(56)10-7-11-37(57)51-35(45(65)53-43(63)33-18-14-31(6-2)15-19-33)27-39(59)49-21-9-23-55-41(61)25-29(4)47(55)67/h12-19,28-29,34-35H,5-11,20-27H2,1-4H3,(H,48,58)(H,49,59)(H,50,56)(H,51,57)(H,52,62,64)(H,53,63,65). The summed E-state index contributed by atoms with van der Waals surface area (Å²) in [5.74, 6) is -8.44. The van der Waals surface area contributed by atoms with Crippen LogP contribution < -0.4 is 31.9 Å². The molecule has 0 aromatic heterocycles. The fraction of sp³-hybridized carbons (Fsp3) is 0.489. The summed E-state index contributed by atoms with van der Waals surface area (Å²) < 4.78 is 0. The molecule has 0 spiro atoms. The normalized spacial score (nSPS) is 16.5. The number of carbonyl (C=O) groups is 12. The fourth-order valence-electron chi connectivity index (χ4n) is 7.30. The molecule has 0 bridgehead atoms. The molecule has 67 heavy (non-hydrogen) atoms. The van der Waals surface area contributed by atoms with E-state index >= 15 is 0 Å². The Kier molecular flexibility index (Phi) is 20.0. The van der Waals surface area contributed by atoms with Crippen molar-refractivity contribution in [1.82, 2.24) is 41.7 Å². The molecule has 0 aliphatic carbocycles. The van der Waals surface area contributed by atoms with Crippen LogP contribution in [0, 0.1) is 11.8 Å². The van der Waals surface area contributed by atoms with Crippen molar-refractivity contribution in [2.24, 2.45) is 11.8 Å². The van der Waals surface area contributed by atoms with E-state index in [1.165, 1.54) is 24.3 Å². The molecule has 4 atom stereocenters. The molecule has 4 unspecified atom stereocenters. The van der Waals surface area contributed by atoms with Crippen LogP contribution in [0.1, 0.15) is 117 Å². The van der Waals surface area contributed by atoms with E-state index in [2.05, 4.69) is 31.9 Å². The first kappa shape index (κ1) is 52.5. The zero-order chi connectivity index (χ0) is 49.2. The maximum absolute atomic E-state index is 13.4. The second-order valence-electron chi connectivity index (χ2n) is 16.6. The van der Waals surface area contributed by atoms with Gasteiger partial charge in [0.25, 0.3) is 11.8 Å². The number of nitrogens with one attached hydrogen (secondary N) is 6. The smallest absolute Gasteiger partial charge is 0.257 e. The summed E-state index contributed by atoms with van der Waals surface area (Å²) in [6.45, 7) is 7.40. The van der Waals surface area contributed by atoms with Gasteiger partial charge in [-0.3, -0.25) is 78.0 Å². The van der Waals surface area contributed by atoms with Gasteiger partial charge in [-0.05, 0) is 67.5 Å². The first-order valence-electron chi connectivity index (χ1n) is 22.6. The van der Waals surface area contributed by atoms with Crippen molar-refractivity contribution in [3.63, 3.8) is 0 Å². The Morgan fingerprint density at radius 1 is 0.537 bits per heavy atom. The maximum atomic E-state index is 13.4. The Bertz CT molecular complexity index is 2060. The van der Waals surface area contributed by atoms with Gasteiger partial charge in [0.15, 0.2) is 0 Å². The van der Waals surface area contributed by atoms with Crippen LogP contribution in [0.3, 0.4) is 0 Å². The largest absolute Gasteiger partial charge is 0.356 e. The van der Waals surface area contributed by atoms with Gasteiger partial charge in [-0.2, -0.15) is 0 Å². The molecule has 12 amide bonds. The molecule has 20 heteroatoms. The Morgan fingerprint density at radius 3 is 1.21 bits per heavy atom. The van der Waals surface area contributed by atoms with Crippen LogP contribution in [0.25, 0.3) is 0 Å². The van der Waals surface area contributed by atoms with Crippen molar-refractivity contribution in [3.8, 4) is 0 Å². The zero-order valence-electron chi connectivity index (χ0n) is 38.3. The number of rotatable bonds is 24. The molecular formula is C47H60N8O12. The first-order chi connectivity index (χ1) is 31.9. The second-order valence-corrected chi connectivity index (χ2v) is 16.6. The summed E-state index contributed by atoms with van der Waals surface area (Å²) in [4.78, 5) is 156. The lowest BCUT2D eigenvalue weighted by atomic mass is 10.1. The number of nitrogens with zero attached hydrogens (tertiary/aromatic N) is 2. The highest BCUT2D eigenvalue weighted by atomic mass is 16.2. The topological polar surface area (TPSA) is 283 Å². The van der Waals surface area contributed by atoms with Crippen molar-refractivity contribution >= 4 is 70.9 Å². The van der Waals surface area contributed by atoms with Crippen LogP contribution in [0.2, 0.25) is 0 Å². The molecule has 2 fully saturated rings. The summed E-state index contributed by atoms with van der Waals surface area (Å²) in [5, 5.41) is 14.5. The van der Waals surface area contributed by atoms with Gasteiger partial charge in [-0.25, -0.2) is 0 Å². The molecule has 2 saturated heterocycles. The molecular weight excluding hydrogens is 869 g/mol. The van der Waals surface area contributed by atoms with Gasteiger partial charge in [-0.1, -0.05) is 52.0 Å². The Hall–Kier alpha value is -7.12. The molecule has 2 aliphatic rings. The van der Waals surface area contributed by atoms with Crippen molar-refractivity contribution in [1.29, 1.82) is 0 Å². The van der Waals surface area contributed by atoms with Crippen molar-refractivity contribution < 1.29 is 57.5 Å². The van der Waals surface area contributed by atoms with E-state index in [1.807, 2.05) is 13.8 Å². The minimum Gasteiger partial charge on any atom is -0.356 e. The summed E-state index contributed by atoms with van der Waals surface area (Å²) >= 11 is 0. The van der Waals surface area contributed by atoms with Gasteiger partial charge >= 0.3 is 0 Å². The van der Waals surface area contributed by atoms with Gasteiger partial charge in [-0.15, -0.1) is 0 Å². The summed E-state index contributed by atoms with van der Waals surface area (Å²) in [5.41, 5.74) is 2.23. The highest BCUT2D eigenvalue weighted by molar-refractivity contribution is 6.09. The Morgan fingerprint density at radius 2 is 0.896 bits per heavy atom. The lowest BCUT2D eigenvalue weighted by Crippen LogP contribution is -2.51. The number of hydrogen-bond donors (Lipinski definition) is 6. The molecule has 2 heterocycles. The number of benzene rings is 2. The average Bonchev–Trinajstić information content (AvgIpc) is 3.69. The molecule has 20 nitrogen and oxygen atoms in total. The third-order valence-electron chi connectivity index (χ3n) is 11.3. The van der Waals surface area contributed by atoms with Crippen LogP contribution in [0.5, 0.6) is 0 Å². The number of likely N-dealkylation sites (tertiary alicyclic amines) is 2. The van der Waals surface area contributed by atoms with Crippen molar-refractivity contribution in [2.75, 3.05) is 26.2 Å². The second kappa shape index (κ2) is 25.5. The molecule has 4 rings (SSSR count). The highest BCUT2D eigenvalue weighted by Gasteiger charge is 2.36.